The summed E-state index contributed by atoms with van der Waals surface area (Å²) in [5, 5.41) is 0. The molecule has 162 valence electrons. The summed E-state index contributed by atoms with van der Waals surface area (Å²) in [6, 6.07) is 12.6. The minimum Gasteiger partial charge on any atom is -0.490 e. The number of amides is 1. The third kappa shape index (κ3) is 5.51. The average Bonchev–Trinajstić information content (AvgIpc) is 2.71. The molecule has 6 heteroatoms. The van der Waals surface area contributed by atoms with Crippen molar-refractivity contribution in [3.63, 3.8) is 0 Å². The minimum absolute atomic E-state index is 0.0157. The molecule has 1 aliphatic rings. The van der Waals surface area contributed by atoms with Gasteiger partial charge in [0.25, 0.3) is 5.91 Å². The van der Waals surface area contributed by atoms with Crippen LogP contribution in [0.15, 0.2) is 42.5 Å². The van der Waals surface area contributed by atoms with Crippen molar-refractivity contribution in [2.45, 2.75) is 46.3 Å². The number of halogens is 1. The predicted octanol–water partition coefficient (Wildman–Crippen LogP) is 4.03. The first-order chi connectivity index (χ1) is 14.4. The lowest BCUT2D eigenvalue weighted by Crippen LogP contribution is -2.58. The van der Waals surface area contributed by atoms with Crippen LogP contribution in [0.1, 0.15) is 31.9 Å². The highest BCUT2D eigenvalue weighted by molar-refractivity contribution is 5.78. The van der Waals surface area contributed by atoms with E-state index in [9.17, 15) is 9.18 Å². The van der Waals surface area contributed by atoms with Crippen molar-refractivity contribution in [1.82, 2.24) is 9.80 Å². The molecule has 0 spiro atoms. The van der Waals surface area contributed by atoms with Gasteiger partial charge in [-0.1, -0.05) is 18.2 Å². The van der Waals surface area contributed by atoms with Gasteiger partial charge in [-0.15, -0.1) is 0 Å². The van der Waals surface area contributed by atoms with E-state index in [1.54, 1.807) is 0 Å². The molecule has 0 saturated carbocycles. The van der Waals surface area contributed by atoms with E-state index in [0.717, 1.165) is 24.2 Å². The number of ether oxygens (including phenoxy) is 2. The zero-order valence-electron chi connectivity index (χ0n) is 18.2. The monoisotopic (exact) mass is 414 g/mol. The van der Waals surface area contributed by atoms with Gasteiger partial charge in [-0.3, -0.25) is 9.69 Å². The summed E-state index contributed by atoms with van der Waals surface area (Å²) in [5.41, 5.74) is 2.15. The van der Waals surface area contributed by atoms with E-state index in [0.29, 0.717) is 24.7 Å². The quantitative estimate of drug-likeness (QED) is 0.686. The summed E-state index contributed by atoms with van der Waals surface area (Å²) in [7, 11) is 0. The molecule has 2 aromatic rings. The standard InChI is InChI=1S/C24H31FN2O3/c1-5-29-23-12-17(2)6-11-22(23)30-16-24(28)27-14-18(3)26(13-19(27)4)15-20-7-9-21(25)10-8-20/h6-12,18-19H,5,13-16H2,1-4H3. The highest BCUT2D eigenvalue weighted by Gasteiger charge is 2.32. The first-order valence-corrected chi connectivity index (χ1v) is 10.5. The van der Waals surface area contributed by atoms with Crippen LogP contribution in [0.2, 0.25) is 0 Å². The Kier molecular flexibility index (Phi) is 7.32. The van der Waals surface area contributed by atoms with Crippen molar-refractivity contribution < 1.29 is 18.7 Å². The fraction of sp³-hybridized carbons (Fsp3) is 0.458. The molecule has 0 radical (unpaired) electrons. The van der Waals surface area contributed by atoms with Crippen LogP contribution in [0.25, 0.3) is 0 Å². The highest BCUT2D eigenvalue weighted by atomic mass is 19.1. The van der Waals surface area contributed by atoms with Crippen LogP contribution in [0.5, 0.6) is 11.5 Å². The molecule has 0 bridgehead atoms. The molecule has 1 amide bonds. The number of rotatable bonds is 7. The summed E-state index contributed by atoms with van der Waals surface area (Å²) >= 11 is 0. The predicted molar refractivity (Wildman–Crippen MR) is 115 cm³/mol. The van der Waals surface area contributed by atoms with Crippen molar-refractivity contribution in [2.24, 2.45) is 0 Å². The Hall–Kier alpha value is -2.60. The first kappa shape index (κ1) is 22.1. The van der Waals surface area contributed by atoms with E-state index in [4.69, 9.17) is 9.47 Å². The lowest BCUT2D eigenvalue weighted by Gasteiger charge is -2.44. The fourth-order valence-corrected chi connectivity index (χ4v) is 3.82. The number of benzene rings is 2. The number of hydrogen-bond donors (Lipinski definition) is 0. The fourth-order valence-electron chi connectivity index (χ4n) is 3.82. The second-order valence-electron chi connectivity index (χ2n) is 7.97. The summed E-state index contributed by atoms with van der Waals surface area (Å²) < 4.78 is 24.6. The Morgan fingerprint density at radius 1 is 1.03 bits per heavy atom. The van der Waals surface area contributed by atoms with Crippen molar-refractivity contribution in [1.29, 1.82) is 0 Å². The number of piperazine rings is 1. The Morgan fingerprint density at radius 2 is 1.77 bits per heavy atom. The van der Waals surface area contributed by atoms with Crippen molar-refractivity contribution in [2.75, 3.05) is 26.3 Å². The van der Waals surface area contributed by atoms with Gasteiger partial charge in [0.2, 0.25) is 0 Å². The summed E-state index contributed by atoms with van der Waals surface area (Å²) in [6.45, 7) is 10.7. The van der Waals surface area contributed by atoms with Crippen LogP contribution in [0.4, 0.5) is 4.39 Å². The highest BCUT2D eigenvalue weighted by Crippen LogP contribution is 2.28. The van der Waals surface area contributed by atoms with Gasteiger partial charge in [0.15, 0.2) is 18.1 Å². The molecule has 1 heterocycles. The molecule has 2 aromatic carbocycles. The number of carbonyl (C=O) groups is 1. The van der Waals surface area contributed by atoms with Crippen molar-refractivity contribution in [3.05, 3.63) is 59.4 Å². The largest absolute Gasteiger partial charge is 0.490 e. The lowest BCUT2D eigenvalue weighted by atomic mass is 10.1. The van der Waals surface area contributed by atoms with Crippen LogP contribution in [-0.4, -0.2) is 54.1 Å². The molecular weight excluding hydrogens is 383 g/mol. The van der Waals surface area contributed by atoms with Gasteiger partial charge in [0, 0.05) is 31.7 Å². The lowest BCUT2D eigenvalue weighted by molar-refractivity contribution is -0.139. The number of hydrogen-bond acceptors (Lipinski definition) is 4. The van der Waals surface area contributed by atoms with Crippen molar-refractivity contribution in [3.8, 4) is 11.5 Å². The van der Waals surface area contributed by atoms with Gasteiger partial charge in [-0.05, 0) is 63.1 Å². The van der Waals surface area contributed by atoms with Crippen LogP contribution in [0.3, 0.4) is 0 Å². The number of carbonyl (C=O) groups excluding carboxylic acids is 1. The maximum Gasteiger partial charge on any atom is 0.260 e. The van der Waals surface area contributed by atoms with Gasteiger partial charge in [-0.2, -0.15) is 0 Å². The van der Waals surface area contributed by atoms with E-state index < -0.39 is 0 Å². The van der Waals surface area contributed by atoms with Gasteiger partial charge in [0.1, 0.15) is 5.82 Å². The Labute approximate surface area is 178 Å². The first-order valence-electron chi connectivity index (χ1n) is 10.5. The summed E-state index contributed by atoms with van der Waals surface area (Å²) in [6.07, 6.45) is 0. The molecule has 0 N–H and O–H groups in total. The van der Waals surface area contributed by atoms with E-state index in [-0.39, 0.29) is 30.4 Å². The maximum absolute atomic E-state index is 13.1. The Bertz CT molecular complexity index is 856. The number of aryl methyl sites for hydroxylation is 1. The van der Waals surface area contributed by atoms with Gasteiger partial charge in [0.05, 0.1) is 6.61 Å². The van der Waals surface area contributed by atoms with Gasteiger partial charge >= 0.3 is 0 Å². The molecule has 0 aromatic heterocycles. The smallest absolute Gasteiger partial charge is 0.260 e. The zero-order valence-corrected chi connectivity index (χ0v) is 18.2. The number of nitrogens with zero attached hydrogens (tertiary/aromatic N) is 2. The van der Waals surface area contributed by atoms with E-state index in [1.807, 2.05) is 49.1 Å². The minimum atomic E-state index is -0.225. The third-order valence-corrected chi connectivity index (χ3v) is 5.48. The summed E-state index contributed by atoms with van der Waals surface area (Å²) in [5.74, 6) is 0.998. The molecule has 30 heavy (non-hydrogen) atoms. The molecule has 1 saturated heterocycles. The van der Waals surface area contributed by atoms with Crippen molar-refractivity contribution >= 4 is 5.91 Å². The Balaban J connectivity index is 1.58. The second kappa shape index (κ2) is 9.94. The average molecular weight is 415 g/mol. The van der Waals surface area contributed by atoms with Crippen LogP contribution in [-0.2, 0) is 11.3 Å². The van der Waals surface area contributed by atoms with Crippen LogP contribution in [0, 0.1) is 12.7 Å². The second-order valence-corrected chi connectivity index (χ2v) is 7.97. The Morgan fingerprint density at radius 3 is 2.47 bits per heavy atom. The summed E-state index contributed by atoms with van der Waals surface area (Å²) in [4.78, 5) is 17.1. The molecule has 5 nitrogen and oxygen atoms in total. The molecule has 1 fully saturated rings. The maximum atomic E-state index is 13.1. The normalized spacial score (nSPS) is 19.6. The molecule has 1 aliphatic heterocycles. The van der Waals surface area contributed by atoms with Gasteiger partial charge in [-0.25, -0.2) is 4.39 Å². The van der Waals surface area contributed by atoms with E-state index >= 15 is 0 Å². The molecule has 2 unspecified atom stereocenters. The molecular formula is C24H31FN2O3. The molecule has 3 rings (SSSR count). The van der Waals surface area contributed by atoms with Crippen LogP contribution >= 0.6 is 0 Å². The topological polar surface area (TPSA) is 42.0 Å². The zero-order chi connectivity index (χ0) is 21.7. The SMILES string of the molecule is CCOc1cc(C)ccc1OCC(=O)N1CC(C)N(Cc2ccc(F)cc2)CC1C. The van der Waals surface area contributed by atoms with E-state index in [1.165, 1.54) is 12.1 Å². The molecule has 2 atom stereocenters. The molecule has 0 aliphatic carbocycles. The van der Waals surface area contributed by atoms with Gasteiger partial charge < -0.3 is 14.4 Å². The van der Waals surface area contributed by atoms with Crippen LogP contribution < -0.4 is 9.47 Å². The van der Waals surface area contributed by atoms with E-state index in [2.05, 4.69) is 18.7 Å². The third-order valence-electron chi connectivity index (χ3n) is 5.48.